The number of benzene rings is 1. The van der Waals surface area contributed by atoms with Crippen molar-refractivity contribution >= 4 is 35.8 Å². The fraction of sp³-hybridized carbons (Fsp3) is 0.406. The zero-order chi connectivity index (χ0) is 31.9. The Bertz CT molecular complexity index is 1420. The first-order valence-corrected chi connectivity index (χ1v) is 13.8. The van der Waals surface area contributed by atoms with E-state index in [1.807, 2.05) is 13.0 Å². The summed E-state index contributed by atoms with van der Waals surface area (Å²) in [6.07, 6.45) is 3.64. The summed E-state index contributed by atoms with van der Waals surface area (Å²) in [7, 11) is 1.35. The summed E-state index contributed by atoms with van der Waals surface area (Å²) in [6.45, 7) is 16.8. The number of carbonyl (C=O) groups excluding carboxylic acids is 3. The second-order valence-electron chi connectivity index (χ2n) is 11.8. The number of fused-ring (bicyclic) bond motifs is 1. The van der Waals surface area contributed by atoms with Crippen LogP contribution in [0.4, 0.5) is 15.4 Å². The summed E-state index contributed by atoms with van der Waals surface area (Å²) in [5.74, 6) is 0.851. The van der Waals surface area contributed by atoms with Crippen LogP contribution < -0.4 is 10.1 Å². The van der Waals surface area contributed by atoms with Gasteiger partial charge in [-0.15, -0.1) is 0 Å². The molecular weight excluding hydrogens is 552 g/mol. The van der Waals surface area contributed by atoms with Gasteiger partial charge in [0.15, 0.2) is 0 Å². The molecule has 0 saturated carbocycles. The maximum Gasteiger partial charge on any atom is 0.425 e. The van der Waals surface area contributed by atoms with Crippen LogP contribution in [0, 0.1) is 0 Å². The average molecular weight is 593 g/mol. The van der Waals surface area contributed by atoms with Crippen LogP contribution >= 0.6 is 0 Å². The van der Waals surface area contributed by atoms with Gasteiger partial charge in [-0.05, 0) is 77.8 Å². The average Bonchev–Trinajstić information content (AvgIpc) is 3.39. The van der Waals surface area contributed by atoms with E-state index in [4.69, 9.17) is 18.9 Å². The molecule has 11 heteroatoms. The summed E-state index contributed by atoms with van der Waals surface area (Å²) in [5, 5.41) is 3.34. The van der Waals surface area contributed by atoms with Gasteiger partial charge in [0.2, 0.25) is 0 Å². The van der Waals surface area contributed by atoms with Crippen LogP contribution in [0.25, 0.3) is 5.57 Å². The molecule has 0 atom stereocenters. The number of allylic oxidation sites excluding steroid dienone is 2. The number of imide groups is 1. The fourth-order valence-electron chi connectivity index (χ4n) is 4.02. The van der Waals surface area contributed by atoms with Gasteiger partial charge >= 0.3 is 18.2 Å². The Labute approximate surface area is 252 Å². The highest BCUT2D eigenvalue weighted by Gasteiger charge is 2.33. The lowest BCUT2D eigenvalue weighted by Gasteiger charge is -2.28. The van der Waals surface area contributed by atoms with Gasteiger partial charge in [-0.2, -0.15) is 4.90 Å². The molecule has 0 radical (unpaired) electrons. The van der Waals surface area contributed by atoms with Crippen molar-refractivity contribution in [2.45, 2.75) is 72.6 Å². The van der Waals surface area contributed by atoms with Crippen molar-refractivity contribution in [3.63, 3.8) is 0 Å². The molecule has 0 spiro atoms. The topological polar surface area (TPSA) is 129 Å². The van der Waals surface area contributed by atoms with E-state index in [9.17, 15) is 14.4 Å². The molecule has 0 unspecified atom stereocenters. The van der Waals surface area contributed by atoms with E-state index in [1.54, 1.807) is 72.0 Å². The Morgan fingerprint density at radius 1 is 1.12 bits per heavy atom. The quantitative estimate of drug-likeness (QED) is 0.207. The smallest absolute Gasteiger partial charge is 0.425 e. The molecule has 2 amide bonds. The van der Waals surface area contributed by atoms with Crippen molar-refractivity contribution in [3.05, 3.63) is 71.2 Å². The molecule has 2 heterocycles. The van der Waals surface area contributed by atoms with Gasteiger partial charge in [-0.25, -0.2) is 24.4 Å². The van der Waals surface area contributed by atoms with E-state index < -0.39 is 29.4 Å². The summed E-state index contributed by atoms with van der Waals surface area (Å²) < 4.78 is 21.5. The Morgan fingerprint density at radius 3 is 2.37 bits per heavy atom. The van der Waals surface area contributed by atoms with Gasteiger partial charge in [0.05, 0.1) is 19.3 Å². The van der Waals surface area contributed by atoms with E-state index in [0.29, 0.717) is 41.6 Å². The van der Waals surface area contributed by atoms with Gasteiger partial charge in [0.25, 0.3) is 0 Å². The van der Waals surface area contributed by atoms with E-state index >= 15 is 0 Å². The van der Waals surface area contributed by atoms with E-state index in [0.717, 1.165) is 22.3 Å². The number of aliphatic imine (C=N–C) groups is 1. The lowest BCUT2D eigenvalue weighted by atomic mass is 10.0. The number of aromatic nitrogens is 1. The Hall–Kier alpha value is -4.67. The molecule has 43 heavy (non-hydrogen) atoms. The fourth-order valence-corrected chi connectivity index (χ4v) is 4.02. The minimum atomic E-state index is -0.944. The van der Waals surface area contributed by atoms with Crippen molar-refractivity contribution in [2.75, 3.05) is 19.0 Å². The first-order chi connectivity index (χ1) is 20.1. The number of nitrogens with one attached hydrogen (secondary N) is 1. The minimum Gasteiger partial charge on any atom is -0.492 e. The van der Waals surface area contributed by atoms with Crippen molar-refractivity contribution < 1.29 is 33.3 Å². The number of hydrogen-bond donors (Lipinski definition) is 1. The number of amides is 2. The number of hydrogen-bond acceptors (Lipinski definition) is 10. The zero-order valence-electron chi connectivity index (χ0n) is 26.1. The molecule has 0 aliphatic carbocycles. The lowest BCUT2D eigenvalue weighted by Crippen LogP contribution is -2.42. The second-order valence-corrected chi connectivity index (χ2v) is 11.8. The number of pyridine rings is 1. The predicted octanol–water partition coefficient (Wildman–Crippen LogP) is 6.53. The second kappa shape index (κ2) is 13.5. The number of ether oxygens (including phenoxy) is 4. The molecule has 0 saturated heterocycles. The molecule has 1 aromatic heterocycles. The maximum atomic E-state index is 12.8. The normalized spacial score (nSPS) is 13.2. The van der Waals surface area contributed by atoms with Gasteiger partial charge < -0.3 is 24.3 Å². The third-order valence-corrected chi connectivity index (χ3v) is 5.92. The predicted molar refractivity (Wildman–Crippen MR) is 164 cm³/mol. The molecule has 1 aliphatic rings. The molecule has 3 rings (SSSR count). The van der Waals surface area contributed by atoms with Gasteiger partial charge in [0.1, 0.15) is 28.6 Å². The lowest BCUT2D eigenvalue weighted by molar-refractivity contribution is 0.00820. The largest absolute Gasteiger partial charge is 0.492 e. The Kier molecular flexibility index (Phi) is 10.3. The molecule has 1 N–H and O–H groups in total. The van der Waals surface area contributed by atoms with Crippen LogP contribution in [0.5, 0.6) is 5.75 Å². The molecule has 230 valence electrons. The first kappa shape index (κ1) is 32.8. The van der Waals surface area contributed by atoms with Crippen molar-refractivity contribution in [1.82, 2.24) is 9.88 Å². The van der Waals surface area contributed by atoms with Crippen molar-refractivity contribution in [1.29, 1.82) is 0 Å². The minimum absolute atomic E-state index is 0.164. The van der Waals surface area contributed by atoms with Crippen LogP contribution in [-0.4, -0.2) is 59.2 Å². The zero-order valence-corrected chi connectivity index (χ0v) is 26.1. The summed E-state index contributed by atoms with van der Waals surface area (Å²) in [5.41, 5.74) is 2.19. The highest BCUT2D eigenvalue weighted by Crippen LogP contribution is 2.37. The van der Waals surface area contributed by atoms with E-state index in [-0.39, 0.29) is 5.82 Å². The molecule has 1 aromatic carbocycles. The first-order valence-electron chi connectivity index (χ1n) is 13.8. The third-order valence-electron chi connectivity index (χ3n) is 5.92. The van der Waals surface area contributed by atoms with E-state index in [1.165, 1.54) is 13.3 Å². The third kappa shape index (κ3) is 9.16. The van der Waals surface area contributed by atoms with Gasteiger partial charge in [-0.3, -0.25) is 0 Å². The maximum absolute atomic E-state index is 12.8. The monoisotopic (exact) mass is 592 g/mol. The molecule has 11 nitrogen and oxygen atoms in total. The number of anilines is 1. The molecule has 1 aliphatic heterocycles. The number of carbonyl (C=O) groups is 3. The van der Waals surface area contributed by atoms with Crippen LogP contribution in [0.15, 0.2) is 53.9 Å². The SMILES string of the molecule is C=C(N=C/C=C(\C)c1cnc(NCc2cccc(C(=O)OC)c2)c2c1OCC2)N(C(=O)OC(C)(C)C)C(=O)OC(C)(C)C. The Balaban J connectivity index is 1.78. The summed E-state index contributed by atoms with van der Waals surface area (Å²) >= 11 is 0. The summed E-state index contributed by atoms with van der Waals surface area (Å²) in [6, 6.07) is 7.19. The number of nitrogens with zero attached hydrogens (tertiary/aromatic N) is 3. The van der Waals surface area contributed by atoms with Crippen LogP contribution in [0.3, 0.4) is 0 Å². The molecule has 0 bridgehead atoms. The van der Waals surface area contributed by atoms with Gasteiger partial charge in [0, 0.05) is 36.5 Å². The molecular formula is C32H40N4O7. The number of methoxy groups -OCH3 is 1. The Morgan fingerprint density at radius 2 is 1.77 bits per heavy atom. The van der Waals surface area contributed by atoms with Crippen molar-refractivity contribution in [2.24, 2.45) is 4.99 Å². The van der Waals surface area contributed by atoms with Crippen LogP contribution in [0.2, 0.25) is 0 Å². The van der Waals surface area contributed by atoms with Gasteiger partial charge in [-0.1, -0.05) is 18.7 Å². The molecule has 0 fully saturated rings. The number of rotatable bonds is 8. The molecule has 2 aromatic rings. The van der Waals surface area contributed by atoms with Crippen LogP contribution in [-0.2, 0) is 27.2 Å². The standard InChI is InChI=1S/C32H40N4O7/c1-20(13-15-33-21(2)36(29(38)42-31(3,4)5)30(39)43-32(6,7)8)25-19-35-27(24-14-16-41-26(24)25)34-18-22-11-10-12-23(17-22)28(37)40-9/h10-13,15,17,19H,2,14,16,18H2,1,3-9H3,(H,34,35)/b20-13+,33-15?. The van der Waals surface area contributed by atoms with E-state index in [2.05, 4.69) is 21.9 Å². The van der Waals surface area contributed by atoms with Crippen LogP contribution in [0.1, 0.15) is 75.5 Å². The highest BCUT2D eigenvalue weighted by molar-refractivity contribution is 5.92. The highest BCUT2D eigenvalue weighted by atomic mass is 16.6. The summed E-state index contributed by atoms with van der Waals surface area (Å²) in [4.78, 5) is 47.0. The number of esters is 1. The van der Waals surface area contributed by atoms with Crippen molar-refractivity contribution in [3.8, 4) is 5.75 Å².